The highest BCUT2D eigenvalue weighted by atomic mass is 16.2. The Hall–Kier alpha value is -0.570. The van der Waals surface area contributed by atoms with E-state index in [9.17, 15) is 4.79 Å². The summed E-state index contributed by atoms with van der Waals surface area (Å²) in [7, 11) is 0. The molecule has 0 radical (unpaired) electrons. The highest BCUT2D eigenvalue weighted by molar-refractivity contribution is 5.80. The normalized spacial score (nSPS) is 37.1. The van der Waals surface area contributed by atoms with Crippen molar-refractivity contribution in [3.05, 3.63) is 0 Å². The third-order valence-electron chi connectivity index (χ3n) is 4.76. The summed E-state index contributed by atoms with van der Waals surface area (Å²) in [5.41, 5.74) is 6.20. The van der Waals surface area contributed by atoms with Crippen LogP contribution in [0.5, 0.6) is 0 Å². The van der Waals surface area contributed by atoms with Crippen LogP contribution in [0.2, 0.25) is 0 Å². The molecule has 0 saturated heterocycles. The van der Waals surface area contributed by atoms with E-state index >= 15 is 0 Å². The third kappa shape index (κ3) is 2.49. The van der Waals surface area contributed by atoms with Gasteiger partial charge in [0.25, 0.3) is 0 Å². The second kappa shape index (κ2) is 5.38. The molecule has 1 amide bonds. The van der Waals surface area contributed by atoms with Gasteiger partial charge in [-0.05, 0) is 43.9 Å². The number of rotatable bonds is 5. The van der Waals surface area contributed by atoms with Gasteiger partial charge in [0, 0.05) is 12.1 Å². The molecule has 2 saturated carbocycles. The number of nitrogens with two attached hydrogens (primary N) is 1. The monoisotopic (exact) mass is 238 g/mol. The van der Waals surface area contributed by atoms with Crippen LogP contribution >= 0.6 is 0 Å². The van der Waals surface area contributed by atoms with Crippen LogP contribution in [0.1, 0.15) is 52.4 Å². The molecule has 0 aromatic heterocycles. The molecule has 2 bridgehead atoms. The molecule has 0 heterocycles. The standard InChI is InChI=1S/C14H26N2O/c1-3-5-11(4-2)16-14(17)12-9-6-7-10(8-9)13(12)15/h9-13H,3-8,15H2,1-2H3,(H,16,17). The summed E-state index contributed by atoms with van der Waals surface area (Å²) >= 11 is 0. The molecule has 0 aromatic carbocycles. The van der Waals surface area contributed by atoms with Crippen molar-refractivity contribution in [2.45, 2.75) is 64.5 Å². The summed E-state index contributed by atoms with van der Waals surface area (Å²) in [5.74, 6) is 1.50. The Labute approximate surface area is 105 Å². The van der Waals surface area contributed by atoms with Crippen molar-refractivity contribution in [2.24, 2.45) is 23.5 Å². The van der Waals surface area contributed by atoms with E-state index in [0.29, 0.717) is 17.9 Å². The van der Waals surface area contributed by atoms with E-state index in [0.717, 1.165) is 19.3 Å². The average Bonchev–Trinajstić information content (AvgIpc) is 2.88. The van der Waals surface area contributed by atoms with E-state index in [1.807, 2.05) is 0 Å². The first-order valence-electron chi connectivity index (χ1n) is 7.23. The zero-order valence-corrected chi connectivity index (χ0v) is 11.1. The molecule has 98 valence electrons. The summed E-state index contributed by atoms with van der Waals surface area (Å²) in [6.07, 6.45) is 6.86. The topological polar surface area (TPSA) is 55.1 Å². The lowest BCUT2D eigenvalue weighted by molar-refractivity contribution is -0.127. The van der Waals surface area contributed by atoms with Crippen molar-refractivity contribution in [1.82, 2.24) is 5.32 Å². The Bertz CT molecular complexity index is 277. The SMILES string of the molecule is CCCC(CC)NC(=O)C1C2CCC(C2)C1N. The summed E-state index contributed by atoms with van der Waals surface area (Å²) in [4.78, 5) is 12.3. The molecule has 3 N–H and O–H groups in total. The summed E-state index contributed by atoms with van der Waals surface area (Å²) in [6.45, 7) is 4.30. The van der Waals surface area contributed by atoms with Crippen LogP contribution in [0.3, 0.4) is 0 Å². The van der Waals surface area contributed by atoms with E-state index in [1.54, 1.807) is 0 Å². The molecule has 3 nitrogen and oxygen atoms in total. The number of carbonyl (C=O) groups excluding carboxylic acids is 1. The highest BCUT2D eigenvalue weighted by Gasteiger charge is 2.49. The number of hydrogen-bond donors (Lipinski definition) is 2. The van der Waals surface area contributed by atoms with E-state index in [-0.39, 0.29) is 17.9 Å². The van der Waals surface area contributed by atoms with Gasteiger partial charge in [0.05, 0.1) is 5.92 Å². The Kier molecular flexibility index (Phi) is 4.08. The predicted octanol–water partition coefficient (Wildman–Crippen LogP) is 2.05. The fourth-order valence-corrected chi connectivity index (χ4v) is 3.75. The molecule has 2 rings (SSSR count). The summed E-state index contributed by atoms with van der Waals surface area (Å²) in [5, 5.41) is 3.21. The second-order valence-corrected chi connectivity index (χ2v) is 5.84. The number of carbonyl (C=O) groups is 1. The van der Waals surface area contributed by atoms with E-state index in [2.05, 4.69) is 19.2 Å². The Morgan fingerprint density at radius 1 is 1.35 bits per heavy atom. The molecule has 0 spiro atoms. The zero-order chi connectivity index (χ0) is 12.4. The van der Waals surface area contributed by atoms with Crippen molar-refractivity contribution in [1.29, 1.82) is 0 Å². The minimum Gasteiger partial charge on any atom is -0.353 e. The van der Waals surface area contributed by atoms with Gasteiger partial charge in [0.1, 0.15) is 0 Å². The first-order chi connectivity index (χ1) is 8.17. The molecule has 2 fully saturated rings. The lowest BCUT2D eigenvalue weighted by Crippen LogP contribution is -2.48. The van der Waals surface area contributed by atoms with Gasteiger partial charge in [-0.25, -0.2) is 0 Å². The van der Waals surface area contributed by atoms with Crippen LogP contribution in [0.15, 0.2) is 0 Å². The van der Waals surface area contributed by atoms with Gasteiger partial charge >= 0.3 is 0 Å². The molecule has 0 aromatic rings. The molecule has 5 atom stereocenters. The van der Waals surface area contributed by atoms with Crippen molar-refractivity contribution in [3.63, 3.8) is 0 Å². The van der Waals surface area contributed by atoms with Crippen LogP contribution in [-0.2, 0) is 4.79 Å². The van der Waals surface area contributed by atoms with E-state index < -0.39 is 0 Å². The van der Waals surface area contributed by atoms with Gasteiger partial charge in [0.15, 0.2) is 0 Å². The fourth-order valence-electron chi connectivity index (χ4n) is 3.75. The van der Waals surface area contributed by atoms with Crippen molar-refractivity contribution in [3.8, 4) is 0 Å². The second-order valence-electron chi connectivity index (χ2n) is 5.84. The average molecular weight is 238 g/mol. The van der Waals surface area contributed by atoms with Gasteiger partial charge in [-0.2, -0.15) is 0 Å². The Balaban J connectivity index is 1.91. The molecule has 0 aliphatic heterocycles. The van der Waals surface area contributed by atoms with Gasteiger partial charge in [-0.15, -0.1) is 0 Å². The molecule has 2 aliphatic carbocycles. The molecular formula is C14H26N2O. The quantitative estimate of drug-likeness (QED) is 0.770. The summed E-state index contributed by atoms with van der Waals surface area (Å²) in [6, 6.07) is 0.465. The Morgan fingerprint density at radius 2 is 2.06 bits per heavy atom. The highest BCUT2D eigenvalue weighted by Crippen LogP contribution is 2.47. The van der Waals surface area contributed by atoms with Crippen molar-refractivity contribution >= 4 is 5.91 Å². The van der Waals surface area contributed by atoms with Gasteiger partial charge < -0.3 is 11.1 Å². The predicted molar refractivity (Wildman–Crippen MR) is 69.4 cm³/mol. The molecule has 17 heavy (non-hydrogen) atoms. The maximum absolute atomic E-state index is 12.3. The van der Waals surface area contributed by atoms with Crippen LogP contribution in [0.4, 0.5) is 0 Å². The van der Waals surface area contributed by atoms with Gasteiger partial charge in [-0.3, -0.25) is 4.79 Å². The lowest BCUT2D eigenvalue weighted by Gasteiger charge is -2.29. The van der Waals surface area contributed by atoms with Crippen LogP contribution in [0, 0.1) is 17.8 Å². The third-order valence-corrected chi connectivity index (χ3v) is 4.76. The summed E-state index contributed by atoms with van der Waals surface area (Å²) < 4.78 is 0. The first-order valence-corrected chi connectivity index (χ1v) is 7.23. The van der Waals surface area contributed by atoms with Crippen LogP contribution in [-0.4, -0.2) is 18.0 Å². The maximum Gasteiger partial charge on any atom is 0.225 e. The number of hydrogen-bond acceptors (Lipinski definition) is 2. The zero-order valence-electron chi connectivity index (χ0n) is 11.1. The molecule has 3 heteroatoms. The minimum atomic E-state index is 0.0969. The van der Waals surface area contributed by atoms with Crippen LogP contribution < -0.4 is 11.1 Å². The van der Waals surface area contributed by atoms with Gasteiger partial charge in [-0.1, -0.05) is 20.3 Å². The van der Waals surface area contributed by atoms with Crippen molar-refractivity contribution < 1.29 is 4.79 Å². The largest absolute Gasteiger partial charge is 0.353 e. The lowest BCUT2D eigenvalue weighted by atomic mass is 9.84. The number of fused-ring (bicyclic) bond motifs is 2. The molecule has 2 aliphatic rings. The smallest absolute Gasteiger partial charge is 0.225 e. The van der Waals surface area contributed by atoms with Crippen molar-refractivity contribution in [2.75, 3.05) is 0 Å². The Morgan fingerprint density at radius 3 is 2.59 bits per heavy atom. The number of nitrogens with one attached hydrogen (secondary N) is 1. The maximum atomic E-state index is 12.3. The number of amides is 1. The van der Waals surface area contributed by atoms with E-state index in [1.165, 1.54) is 19.3 Å². The molecule has 5 unspecified atom stereocenters. The van der Waals surface area contributed by atoms with Gasteiger partial charge in [0.2, 0.25) is 5.91 Å². The first kappa shape index (κ1) is 12.9. The van der Waals surface area contributed by atoms with Crippen LogP contribution in [0.25, 0.3) is 0 Å². The fraction of sp³-hybridized carbons (Fsp3) is 0.929. The minimum absolute atomic E-state index is 0.0969. The van der Waals surface area contributed by atoms with E-state index in [4.69, 9.17) is 5.73 Å². The molecular weight excluding hydrogens is 212 g/mol.